The molecule has 0 unspecified atom stereocenters. The minimum atomic E-state index is -0.254. The molecule has 2 aliphatic rings. The van der Waals surface area contributed by atoms with Gasteiger partial charge < -0.3 is 15.4 Å². The number of rotatable bonds is 3. The molecule has 1 saturated heterocycles. The van der Waals surface area contributed by atoms with E-state index in [1.807, 2.05) is 4.90 Å². The van der Waals surface area contributed by atoms with Gasteiger partial charge in [-0.2, -0.15) is 0 Å². The topological polar surface area (TPSA) is 72.6 Å². The predicted molar refractivity (Wildman–Crippen MR) is 66.7 cm³/mol. The summed E-state index contributed by atoms with van der Waals surface area (Å²) in [6.45, 7) is 1.30. The van der Waals surface area contributed by atoms with Crippen molar-refractivity contribution in [3.05, 3.63) is 0 Å². The molecule has 102 valence electrons. The second kappa shape index (κ2) is 5.26. The molecule has 0 spiro atoms. The Morgan fingerprint density at radius 3 is 2.39 bits per heavy atom. The third kappa shape index (κ3) is 2.83. The first-order chi connectivity index (χ1) is 8.54. The Kier molecular flexibility index (Phi) is 3.90. The van der Waals surface area contributed by atoms with Gasteiger partial charge >= 0.3 is 5.97 Å². The van der Waals surface area contributed by atoms with E-state index in [4.69, 9.17) is 10.5 Å². The fraction of sp³-hybridized carbons (Fsp3) is 0.846. The SMILES string of the molecule is COC(=O)C1CCN(C(=O)CC2(N)CCC2)CC1. The molecular weight excluding hydrogens is 232 g/mol. The Hall–Kier alpha value is -1.10. The standard InChI is InChI=1S/C13H22N2O3/c1-18-12(17)10-3-7-15(8-4-10)11(16)9-13(14)5-2-6-13/h10H,2-9,14H2,1H3. The number of nitrogens with zero attached hydrogens (tertiary/aromatic N) is 1. The summed E-state index contributed by atoms with van der Waals surface area (Å²) in [4.78, 5) is 25.3. The number of amides is 1. The second-order valence-electron chi connectivity index (χ2n) is 5.57. The van der Waals surface area contributed by atoms with Gasteiger partial charge in [-0.3, -0.25) is 9.59 Å². The van der Waals surface area contributed by atoms with Crippen molar-refractivity contribution in [1.82, 2.24) is 4.90 Å². The number of hydrogen-bond acceptors (Lipinski definition) is 4. The Bertz CT molecular complexity index is 331. The molecule has 2 N–H and O–H groups in total. The van der Waals surface area contributed by atoms with Crippen LogP contribution in [0.2, 0.25) is 0 Å². The zero-order valence-corrected chi connectivity index (χ0v) is 11.0. The number of nitrogens with two attached hydrogens (primary N) is 1. The van der Waals surface area contributed by atoms with Crippen LogP contribution in [0, 0.1) is 5.92 Å². The van der Waals surface area contributed by atoms with Gasteiger partial charge in [0, 0.05) is 25.0 Å². The molecule has 0 radical (unpaired) electrons. The highest BCUT2D eigenvalue weighted by atomic mass is 16.5. The van der Waals surface area contributed by atoms with E-state index >= 15 is 0 Å². The lowest BCUT2D eigenvalue weighted by Gasteiger charge is -2.40. The van der Waals surface area contributed by atoms with Crippen LogP contribution in [0.3, 0.4) is 0 Å². The fourth-order valence-corrected chi connectivity index (χ4v) is 2.75. The van der Waals surface area contributed by atoms with Crippen LogP contribution in [0.1, 0.15) is 38.5 Å². The molecule has 0 aromatic rings. The van der Waals surface area contributed by atoms with Crippen molar-refractivity contribution in [1.29, 1.82) is 0 Å². The van der Waals surface area contributed by atoms with Gasteiger partial charge in [-0.1, -0.05) is 0 Å². The first-order valence-corrected chi connectivity index (χ1v) is 6.68. The van der Waals surface area contributed by atoms with E-state index in [1.54, 1.807) is 0 Å². The minimum Gasteiger partial charge on any atom is -0.469 e. The Balaban J connectivity index is 1.78. The number of carbonyl (C=O) groups is 2. The third-order valence-corrected chi connectivity index (χ3v) is 4.23. The van der Waals surface area contributed by atoms with Crippen molar-refractivity contribution >= 4 is 11.9 Å². The van der Waals surface area contributed by atoms with Crippen LogP contribution in [-0.2, 0) is 14.3 Å². The van der Waals surface area contributed by atoms with E-state index < -0.39 is 0 Å². The average Bonchev–Trinajstić information content (AvgIpc) is 2.36. The highest BCUT2D eigenvalue weighted by molar-refractivity contribution is 5.78. The molecule has 5 heteroatoms. The van der Waals surface area contributed by atoms with Gasteiger partial charge in [-0.05, 0) is 32.1 Å². The molecule has 1 amide bonds. The summed E-state index contributed by atoms with van der Waals surface area (Å²) in [5.41, 5.74) is 5.83. The van der Waals surface area contributed by atoms with Gasteiger partial charge in [0.2, 0.25) is 5.91 Å². The predicted octanol–water partition coefficient (Wildman–Crippen LogP) is 0.669. The van der Waals surface area contributed by atoms with Crippen LogP contribution in [0.15, 0.2) is 0 Å². The smallest absolute Gasteiger partial charge is 0.308 e. The van der Waals surface area contributed by atoms with E-state index in [-0.39, 0.29) is 23.3 Å². The quantitative estimate of drug-likeness (QED) is 0.751. The maximum absolute atomic E-state index is 12.1. The highest BCUT2D eigenvalue weighted by Gasteiger charge is 2.37. The molecule has 0 bridgehead atoms. The van der Waals surface area contributed by atoms with Crippen molar-refractivity contribution in [3.8, 4) is 0 Å². The molecule has 1 heterocycles. The van der Waals surface area contributed by atoms with Gasteiger partial charge in [-0.25, -0.2) is 0 Å². The molecule has 2 rings (SSSR count). The Labute approximate surface area is 108 Å². The minimum absolute atomic E-state index is 0.0467. The van der Waals surface area contributed by atoms with Gasteiger partial charge in [0.15, 0.2) is 0 Å². The lowest BCUT2D eigenvalue weighted by Crippen LogP contribution is -2.51. The lowest BCUT2D eigenvalue weighted by atomic mass is 9.75. The van der Waals surface area contributed by atoms with Crippen LogP contribution >= 0.6 is 0 Å². The van der Waals surface area contributed by atoms with Crippen molar-refractivity contribution in [2.45, 2.75) is 44.1 Å². The van der Waals surface area contributed by atoms with E-state index in [0.29, 0.717) is 32.4 Å². The average molecular weight is 254 g/mol. The molecular formula is C13H22N2O3. The number of piperidine rings is 1. The summed E-state index contributed by atoms with van der Waals surface area (Å²) in [5.74, 6) is -0.0634. The molecule has 18 heavy (non-hydrogen) atoms. The van der Waals surface area contributed by atoms with E-state index in [1.165, 1.54) is 7.11 Å². The van der Waals surface area contributed by atoms with Crippen LogP contribution in [0.5, 0.6) is 0 Å². The maximum atomic E-state index is 12.1. The van der Waals surface area contributed by atoms with Crippen LogP contribution in [0.4, 0.5) is 0 Å². The second-order valence-corrected chi connectivity index (χ2v) is 5.57. The van der Waals surface area contributed by atoms with E-state index in [9.17, 15) is 9.59 Å². The number of ether oxygens (including phenoxy) is 1. The van der Waals surface area contributed by atoms with Crippen molar-refractivity contribution in [2.75, 3.05) is 20.2 Å². The molecule has 0 aromatic heterocycles. The molecule has 0 atom stereocenters. The van der Waals surface area contributed by atoms with Crippen molar-refractivity contribution in [2.24, 2.45) is 11.7 Å². The number of likely N-dealkylation sites (tertiary alicyclic amines) is 1. The number of esters is 1. The summed E-state index contributed by atoms with van der Waals surface area (Å²) in [6, 6.07) is 0. The third-order valence-electron chi connectivity index (χ3n) is 4.23. The Morgan fingerprint density at radius 2 is 1.94 bits per heavy atom. The van der Waals surface area contributed by atoms with Crippen LogP contribution < -0.4 is 5.73 Å². The van der Waals surface area contributed by atoms with E-state index in [0.717, 1.165) is 19.3 Å². The molecule has 5 nitrogen and oxygen atoms in total. The molecule has 1 aliphatic carbocycles. The van der Waals surface area contributed by atoms with Gasteiger partial charge in [0.1, 0.15) is 0 Å². The first kappa shape index (κ1) is 13.3. The molecule has 2 fully saturated rings. The summed E-state index contributed by atoms with van der Waals surface area (Å²) in [6.07, 6.45) is 4.91. The number of hydrogen-bond donors (Lipinski definition) is 1. The van der Waals surface area contributed by atoms with Crippen molar-refractivity contribution < 1.29 is 14.3 Å². The lowest BCUT2D eigenvalue weighted by molar-refractivity contribution is -0.149. The van der Waals surface area contributed by atoms with E-state index in [2.05, 4.69) is 0 Å². The summed E-state index contributed by atoms with van der Waals surface area (Å²) in [5, 5.41) is 0. The van der Waals surface area contributed by atoms with Gasteiger partial charge in [-0.15, -0.1) is 0 Å². The molecule has 0 aromatic carbocycles. The number of carbonyl (C=O) groups excluding carboxylic acids is 2. The highest BCUT2D eigenvalue weighted by Crippen LogP contribution is 2.33. The Morgan fingerprint density at radius 1 is 1.33 bits per heavy atom. The summed E-state index contributed by atoms with van der Waals surface area (Å²) >= 11 is 0. The summed E-state index contributed by atoms with van der Waals surface area (Å²) in [7, 11) is 1.41. The maximum Gasteiger partial charge on any atom is 0.308 e. The number of methoxy groups -OCH3 is 1. The van der Waals surface area contributed by atoms with Crippen LogP contribution in [-0.4, -0.2) is 42.5 Å². The van der Waals surface area contributed by atoms with Crippen LogP contribution in [0.25, 0.3) is 0 Å². The first-order valence-electron chi connectivity index (χ1n) is 6.68. The fourth-order valence-electron chi connectivity index (χ4n) is 2.75. The van der Waals surface area contributed by atoms with Gasteiger partial charge in [0.25, 0.3) is 0 Å². The molecule has 1 aliphatic heterocycles. The monoisotopic (exact) mass is 254 g/mol. The normalized spacial score (nSPS) is 23.3. The zero-order valence-electron chi connectivity index (χ0n) is 11.0. The van der Waals surface area contributed by atoms with Gasteiger partial charge in [0.05, 0.1) is 13.0 Å². The summed E-state index contributed by atoms with van der Waals surface area (Å²) < 4.78 is 4.73. The largest absolute Gasteiger partial charge is 0.469 e. The van der Waals surface area contributed by atoms with Crippen molar-refractivity contribution in [3.63, 3.8) is 0 Å². The molecule has 1 saturated carbocycles. The zero-order chi connectivity index (χ0) is 13.2.